The van der Waals surface area contributed by atoms with E-state index in [-0.39, 0.29) is 5.91 Å². The fourth-order valence-corrected chi connectivity index (χ4v) is 3.51. The van der Waals surface area contributed by atoms with Crippen molar-refractivity contribution in [2.45, 2.75) is 58.4 Å². The molecule has 0 atom stereocenters. The van der Waals surface area contributed by atoms with Crippen LogP contribution in [0.2, 0.25) is 0 Å². The van der Waals surface area contributed by atoms with Gasteiger partial charge in [0.2, 0.25) is 0 Å². The van der Waals surface area contributed by atoms with Crippen LogP contribution in [0.1, 0.15) is 67.8 Å². The minimum Gasteiger partial charge on any atom is -0.356 e. The highest BCUT2D eigenvalue weighted by atomic mass is 16.1. The van der Waals surface area contributed by atoms with Crippen molar-refractivity contribution in [3.63, 3.8) is 0 Å². The minimum atomic E-state index is -0.0258. The monoisotopic (exact) mass is 358 g/mol. The fourth-order valence-electron chi connectivity index (χ4n) is 3.51. The van der Waals surface area contributed by atoms with Gasteiger partial charge >= 0.3 is 0 Å². The lowest BCUT2D eigenvalue weighted by Gasteiger charge is -2.13. The van der Waals surface area contributed by atoms with Gasteiger partial charge in [0.15, 0.2) is 5.96 Å². The fraction of sp³-hybridized carbons (Fsp3) is 0.619. The molecular formula is C21H34N4O. The molecular weight excluding hydrogens is 324 g/mol. The number of carbonyl (C=O) groups excluding carboxylic acids is 1. The van der Waals surface area contributed by atoms with E-state index in [1.807, 2.05) is 31.2 Å². The van der Waals surface area contributed by atoms with E-state index in [1.54, 1.807) is 7.05 Å². The van der Waals surface area contributed by atoms with Crippen molar-refractivity contribution in [1.82, 2.24) is 16.0 Å². The number of carbonyl (C=O) groups is 1. The quantitative estimate of drug-likeness (QED) is 0.360. The molecule has 0 saturated heterocycles. The molecule has 0 aliphatic heterocycles. The lowest BCUT2D eigenvalue weighted by molar-refractivity contribution is 0.0956. The Labute approximate surface area is 158 Å². The number of nitrogens with zero attached hydrogens (tertiary/aromatic N) is 1. The number of benzene rings is 1. The van der Waals surface area contributed by atoms with Crippen LogP contribution in [-0.2, 0) is 6.54 Å². The predicted molar refractivity (Wildman–Crippen MR) is 108 cm³/mol. The summed E-state index contributed by atoms with van der Waals surface area (Å²) in [6.07, 6.45) is 9.62. The second kappa shape index (κ2) is 11.6. The van der Waals surface area contributed by atoms with Gasteiger partial charge in [0.25, 0.3) is 5.91 Å². The van der Waals surface area contributed by atoms with Gasteiger partial charge in [-0.3, -0.25) is 9.79 Å². The van der Waals surface area contributed by atoms with Crippen LogP contribution in [0.25, 0.3) is 0 Å². The Morgan fingerprint density at radius 3 is 2.46 bits per heavy atom. The Morgan fingerprint density at radius 2 is 1.81 bits per heavy atom. The molecule has 1 aromatic carbocycles. The van der Waals surface area contributed by atoms with E-state index in [9.17, 15) is 4.79 Å². The van der Waals surface area contributed by atoms with Gasteiger partial charge in [0.05, 0.1) is 0 Å². The van der Waals surface area contributed by atoms with E-state index in [2.05, 4.69) is 20.9 Å². The van der Waals surface area contributed by atoms with Crippen molar-refractivity contribution in [2.24, 2.45) is 10.9 Å². The summed E-state index contributed by atoms with van der Waals surface area (Å²) >= 11 is 0. The number of nitrogens with one attached hydrogen (secondary N) is 3. The number of aliphatic imine (C=N–C) groups is 1. The van der Waals surface area contributed by atoms with Crippen molar-refractivity contribution in [1.29, 1.82) is 0 Å². The third-order valence-corrected chi connectivity index (χ3v) is 5.04. The van der Waals surface area contributed by atoms with E-state index in [1.165, 1.54) is 44.9 Å². The summed E-state index contributed by atoms with van der Waals surface area (Å²) in [5.74, 6) is 1.79. The number of amides is 1. The Balaban J connectivity index is 1.63. The predicted octanol–water partition coefficient (Wildman–Crippen LogP) is 3.46. The summed E-state index contributed by atoms with van der Waals surface area (Å²) in [5.41, 5.74) is 1.82. The molecule has 26 heavy (non-hydrogen) atoms. The first-order chi connectivity index (χ1) is 12.7. The van der Waals surface area contributed by atoms with Crippen LogP contribution in [0, 0.1) is 5.92 Å². The van der Waals surface area contributed by atoms with Crippen LogP contribution in [0.4, 0.5) is 0 Å². The Bertz CT molecular complexity index is 562. The molecule has 1 amide bonds. The maximum Gasteiger partial charge on any atom is 0.251 e. The van der Waals surface area contributed by atoms with E-state index >= 15 is 0 Å². The second-order valence-electron chi connectivity index (χ2n) is 7.06. The van der Waals surface area contributed by atoms with E-state index in [4.69, 9.17) is 0 Å². The van der Waals surface area contributed by atoms with Crippen molar-refractivity contribution in [3.8, 4) is 0 Å². The van der Waals surface area contributed by atoms with Crippen LogP contribution in [0.3, 0.4) is 0 Å². The van der Waals surface area contributed by atoms with Gasteiger partial charge in [0.1, 0.15) is 0 Å². The summed E-state index contributed by atoms with van der Waals surface area (Å²) in [5, 5.41) is 9.52. The molecule has 0 spiro atoms. The van der Waals surface area contributed by atoms with E-state index in [0.29, 0.717) is 18.7 Å². The zero-order valence-electron chi connectivity index (χ0n) is 16.3. The number of hydrogen-bond donors (Lipinski definition) is 3. The van der Waals surface area contributed by atoms with Crippen LogP contribution < -0.4 is 16.0 Å². The normalized spacial score (nSPS) is 15.1. The first kappa shape index (κ1) is 20.3. The van der Waals surface area contributed by atoms with Crippen LogP contribution in [-0.4, -0.2) is 32.0 Å². The maximum absolute atomic E-state index is 11.8. The minimum absolute atomic E-state index is 0.0258. The average molecular weight is 359 g/mol. The Morgan fingerprint density at radius 1 is 1.08 bits per heavy atom. The van der Waals surface area contributed by atoms with Gasteiger partial charge in [-0.05, 0) is 37.0 Å². The molecule has 1 saturated carbocycles. The summed E-state index contributed by atoms with van der Waals surface area (Å²) < 4.78 is 0. The number of guanidine groups is 1. The van der Waals surface area contributed by atoms with Gasteiger partial charge in [-0.1, -0.05) is 50.7 Å². The van der Waals surface area contributed by atoms with Gasteiger partial charge in [-0.15, -0.1) is 0 Å². The molecule has 3 N–H and O–H groups in total. The third kappa shape index (κ3) is 7.06. The smallest absolute Gasteiger partial charge is 0.251 e. The zero-order chi connectivity index (χ0) is 18.6. The maximum atomic E-state index is 11.8. The molecule has 144 valence electrons. The molecule has 0 aromatic heterocycles. The molecule has 2 rings (SSSR count). The van der Waals surface area contributed by atoms with Crippen LogP contribution in [0.5, 0.6) is 0 Å². The summed E-state index contributed by atoms with van der Waals surface area (Å²) in [7, 11) is 1.80. The summed E-state index contributed by atoms with van der Waals surface area (Å²) in [4.78, 5) is 16.0. The number of hydrogen-bond acceptors (Lipinski definition) is 2. The average Bonchev–Trinajstić information content (AvgIpc) is 3.18. The highest BCUT2D eigenvalue weighted by molar-refractivity contribution is 5.94. The van der Waals surface area contributed by atoms with Gasteiger partial charge in [0, 0.05) is 32.2 Å². The van der Waals surface area contributed by atoms with Gasteiger partial charge in [-0.2, -0.15) is 0 Å². The van der Waals surface area contributed by atoms with Crippen LogP contribution >= 0.6 is 0 Å². The summed E-state index contributed by atoms with van der Waals surface area (Å²) in [6, 6.07) is 7.68. The molecule has 0 bridgehead atoms. The topological polar surface area (TPSA) is 65.5 Å². The molecule has 0 heterocycles. The van der Waals surface area contributed by atoms with Crippen molar-refractivity contribution in [3.05, 3.63) is 35.4 Å². The molecule has 0 unspecified atom stereocenters. The second-order valence-corrected chi connectivity index (χ2v) is 7.06. The Hall–Kier alpha value is -2.04. The molecule has 0 radical (unpaired) electrons. The number of unbranched alkanes of at least 4 members (excludes halogenated alkanes) is 1. The molecule has 1 aliphatic carbocycles. The van der Waals surface area contributed by atoms with Crippen molar-refractivity contribution in [2.75, 3.05) is 20.1 Å². The molecule has 1 fully saturated rings. The highest BCUT2D eigenvalue weighted by Crippen LogP contribution is 2.28. The zero-order valence-corrected chi connectivity index (χ0v) is 16.3. The largest absolute Gasteiger partial charge is 0.356 e. The highest BCUT2D eigenvalue weighted by Gasteiger charge is 2.13. The lowest BCUT2D eigenvalue weighted by Crippen LogP contribution is -2.37. The van der Waals surface area contributed by atoms with Crippen molar-refractivity contribution < 1.29 is 4.79 Å². The van der Waals surface area contributed by atoms with E-state index < -0.39 is 0 Å². The molecule has 5 nitrogen and oxygen atoms in total. The van der Waals surface area contributed by atoms with Gasteiger partial charge < -0.3 is 16.0 Å². The first-order valence-corrected chi connectivity index (χ1v) is 10.0. The molecule has 5 heteroatoms. The van der Waals surface area contributed by atoms with Crippen molar-refractivity contribution >= 4 is 11.9 Å². The molecule has 1 aromatic rings. The first-order valence-electron chi connectivity index (χ1n) is 10.0. The summed E-state index contributed by atoms with van der Waals surface area (Å²) in [6.45, 7) is 4.22. The lowest BCUT2D eigenvalue weighted by atomic mass is 10.0. The standard InChI is InChI=1S/C21H34N4O/c1-3-23-20(26)19-13-11-18(12-14-19)16-25-21(22-2)24-15-7-6-10-17-8-4-5-9-17/h11-14,17H,3-10,15-16H2,1-2H3,(H,23,26)(H2,22,24,25). The van der Waals surface area contributed by atoms with Crippen LogP contribution in [0.15, 0.2) is 29.3 Å². The third-order valence-electron chi connectivity index (χ3n) is 5.04. The van der Waals surface area contributed by atoms with Gasteiger partial charge in [-0.25, -0.2) is 0 Å². The SMILES string of the molecule is CCNC(=O)c1ccc(CNC(=NC)NCCCCC2CCCC2)cc1. The van der Waals surface area contributed by atoms with E-state index in [0.717, 1.165) is 24.0 Å². The molecule has 1 aliphatic rings. The Kier molecular flexibility index (Phi) is 9.01. The number of rotatable bonds is 9.